The van der Waals surface area contributed by atoms with Crippen molar-refractivity contribution in [3.05, 3.63) is 47.5 Å². The number of amides is 1. The molecule has 0 spiro atoms. The van der Waals surface area contributed by atoms with Gasteiger partial charge in [0.1, 0.15) is 16.9 Å². The second-order valence-electron chi connectivity index (χ2n) is 5.18. The molecule has 1 saturated heterocycles. The number of halogens is 1. The van der Waals surface area contributed by atoms with Gasteiger partial charge >= 0.3 is 0 Å². The summed E-state index contributed by atoms with van der Waals surface area (Å²) in [5.74, 6) is 0.228. The molecule has 1 amide bonds. The molecule has 0 bridgehead atoms. The average Bonchev–Trinajstić information content (AvgIpc) is 3.14. The molecular weight excluding hydrogens is 319 g/mol. The molecule has 1 fully saturated rings. The van der Waals surface area contributed by atoms with Crippen LogP contribution in [0.2, 0.25) is 0 Å². The van der Waals surface area contributed by atoms with Crippen molar-refractivity contribution < 1.29 is 13.9 Å². The van der Waals surface area contributed by atoms with Gasteiger partial charge in [-0.25, -0.2) is 9.07 Å². The van der Waals surface area contributed by atoms with Gasteiger partial charge in [-0.3, -0.25) is 4.79 Å². The van der Waals surface area contributed by atoms with E-state index >= 15 is 0 Å². The van der Waals surface area contributed by atoms with Crippen LogP contribution in [0.4, 0.5) is 4.39 Å². The summed E-state index contributed by atoms with van der Waals surface area (Å²) in [6, 6.07) is 6.58. The maximum absolute atomic E-state index is 13.7. The molecular formula is C15H17FN4O2S. The molecule has 122 valence electrons. The van der Waals surface area contributed by atoms with Gasteiger partial charge in [0.05, 0.1) is 25.1 Å². The highest BCUT2D eigenvalue weighted by molar-refractivity contribution is 8.00. The third-order valence-corrected chi connectivity index (χ3v) is 4.83. The van der Waals surface area contributed by atoms with E-state index in [2.05, 4.69) is 10.3 Å². The molecule has 2 aromatic rings. The van der Waals surface area contributed by atoms with E-state index in [0.717, 1.165) is 0 Å². The Kier molecular flexibility index (Phi) is 4.92. The molecule has 0 radical (unpaired) electrons. The minimum Gasteiger partial charge on any atom is -0.383 e. The molecule has 23 heavy (non-hydrogen) atoms. The first-order valence-electron chi connectivity index (χ1n) is 7.22. The Labute approximate surface area is 137 Å². The monoisotopic (exact) mass is 336 g/mol. The molecule has 0 aliphatic carbocycles. The summed E-state index contributed by atoms with van der Waals surface area (Å²) in [6.07, 6.45) is 1.77. The molecule has 1 aromatic carbocycles. The Balaban J connectivity index is 1.73. The highest BCUT2D eigenvalue weighted by atomic mass is 32.2. The van der Waals surface area contributed by atoms with Crippen molar-refractivity contribution in [3.8, 4) is 0 Å². The summed E-state index contributed by atoms with van der Waals surface area (Å²) < 4.78 is 20.3. The summed E-state index contributed by atoms with van der Waals surface area (Å²) in [7, 11) is 1.60. The number of benzene rings is 1. The quantitative estimate of drug-likeness (QED) is 0.803. The molecule has 1 aromatic heterocycles. The lowest BCUT2D eigenvalue weighted by Gasteiger charge is -2.21. The van der Waals surface area contributed by atoms with Crippen LogP contribution >= 0.6 is 11.8 Å². The summed E-state index contributed by atoms with van der Waals surface area (Å²) >= 11 is 1.52. The third kappa shape index (κ3) is 3.53. The minimum absolute atomic E-state index is 0.0701. The fourth-order valence-corrected chi connectivity index (χ4v) is 3.58. The molecule has 0 N–H and O–H groups in total. The van der Waals surface area contributed by atoms with Crippen molar-refractivity contribution in [2.75, 3.05) is 26.0 Å². The topological polar surface area (TPSA) is 60.2 Å². The number of rotatable bonds is 6. The lowest BCUT2D eigenvalue weighted by atomic mass is 10.2. The van der Waals surface area contributed by atoms with Gasteiger partial charge < -0.3 is 9.64 Å². The van der Waals surface area contributed by atoms with Crippen molar-refractivity contribution in [2.24, 2.45) is 0 Å². The molecule has 1 aliphatic heterocycles. The SMILES string of the molecule is COCCN1C(=O)CSC1c1cn(Cc2ccccc2F)nn1. The number of nitrogens with zero attached hydrogens (tertiary/aromatic N) is 4. The number of methoxy groups -OCH3 is 1. The molecule has 1 unspecified atom stereocenters. The van der Waals surface area contributed by atoms with E-state index in [4.69, 9.17) is 4.74 Å². The predicted octanol–water partition coefficient (Wildman–Crippen LogP) is 1.69. The van der Waals surface area contributed by atoms with E-state index < -0.39 is 0 Å². The largest absolute Gasteiger partial charge is 0.383 e. The second kappa shape index (κ2) is 7.10. The molecule has 1 aliphatic rings. The van der Waals surface area contributed by atoms with Crippen LogP contribution in [0.5, 0.6) is 0 Å². The van der Waals surface area contributed by atoms with E-state index in [0.29, 0.717) is 36.7 Å². The van der Waals surface area contributed by atoms with Gasteiger partial charge in [-0.15, -0.1) is 16.9 Å². The Hall–Kier alpha value is -1.93. The van der Waals surface area contributed by atoms with Crippen molar-refractivity contribution in [1.82, 2.24) is 19.9 Å². The van der Waals surface area contributed by atoms with Gasteiger partial charge in [0.25, 0.3) is 0 Å². The molecule has 2 heterocycles. The van der Waals surface area contributed by atoms with Crippen LogP contribution in [0, 0.1) is 5.82 Å². The highest BCUT2D eigenvalue weighted by Gasteiger charge is 2.34. The number of thioether (sulfide) groups is 1. The van der Waals surface area contributed by atoms with Gasteiger partial charge in [-0.1, -0.05) is 23.4 Å². The van der Waals surface area contributed by atoms with Crippen LogP contribution in [-0.4, -0.2) is 51.8 Å². The Morgan fingerprint density at radius 3 is 3.04 bits per heavy atom. The Morgan fingerprint density at radius 1 is 1.43 bits per heavy atom. The maximum atomic E-state index is 13.7. The first kappa shape index (κ1) is 15.9. The van der Waals surface area contributed by atoms with Crippen molar-refractivity contribution in [3.63, 3.8) is 0 Å². The van der Waals surface area contributed by atoms with E-state index in [1.54, 1.807) is 41.1 Å². The average molecular weight is 336 g/mol. The van der Waals surface area contributed by atoms with Crippen LogP contribution < -0.4 is 0 Å². The smallest absolute Gasteiger partial charge is 0.233 e. The molecule has 8 heteroatoms. The fraction of sp³-hybridized carbons (Fsp3) is 0.400. The number of carbonyl (C=O) groups excluding carboxylic acids is 1. The number of aromatic nitrogens is 3. The van der Waals surface area contributed by atoms with Gasteiger partial charge in [0.15, 0.2) is 0 Å². The summed E-state index contributed by atoms with van der Waals surface area (Å²) in [4.78, 5) is 13.7. The molecule has 3 rings (SSSR count). The van der Waals surface area contributed by atoms with Crippen LogP contribution in [0.15, 0.2) is 30.5 Å². The normalized spacial score (nSPS) is 17.9. The number of hydrogen-bond acceptors (Lipinski definition) is 5. The Bertz CT molecular complexity index is 694. The van der Waals surface area contributed by atoms with E-state index in [1.807, 2.05) is 0 Å². The summed E-state index contributed by atoms with van der Waals surface area (Å²) in [6.45, 7) is 1.31. The van der Waals surface area contributed by atoms with Gasteiger partial charge in [0.2, 0.25) is 5.91 Å². The minimum atomic E-state index is -0.267. The Morgan fingerprint density at radius 2 is 2.26 bits per heavy atom. The number of hydrogen-bond donors (Lipinski definition) is 0. The number of ether oxygens (including phenoxy) is 1. The first-order valence-corrected chi connectivity index (χ1v) is 8.27. The molecule has 6 nitrogen and oxygen atoms in total. The fourth-order valence-electron chi connectivity index (χ4n) is 2.44. The lowest BCUT2D eigenvalue weighted by molar-refractivity contribution is -0.128. The standard InChI is InChI=1S/C15H17FN4O2S/c1-22-7-6-20-14(21)10-23-15(20)13-9-19(18-17-13)8-11-4-2-3-5-12(11)16/h2-5,9,15H,6-8,10H2,1H3. The lowest BCUT2D eigenvalue weighted by Crippen LogP contribution is -2.31. The first-order chi connectivity index (χ1) is 11.2. The zero-order valence-electron chi connectivity index (χ0n) is 12.7. The molecule has 1 atom stereocenters. The van der Waals surface area contributed by atoms with Crippen LogP contribution in [0.1, 0.15) is 16.6 Å². The van der Waals surface area contributed by atoms with Crippen LogP contribution in [-0.2, 0) is 16.1 Å². The summed E-state index contributed by atoms with van der Waals surface area (Å²) in [5, 5.41) is 8.05. The highest BCUT2D eigenvalue weighted by Crippen LogP contribution is 2.37. The molecule has 0 saturated carbocycles. The summed E-state index contributed by atoms with van der Waals surface area (Å²) in [5.41, 5.74) is 1.25. The zero-order valence-corrected chi connectivity index (χ0v) is 13.5. The van der Waals surface area contributed by atoms with E-state index in [1.165, 1.54) is 17.8 Å². The van der Waals surface area contributed by atoms with Gasteiger partial charge in [-0.05, 0) is 6.07 Å². The van der Waals surface area contributed by atoms with Crippen molar-refractivity contribution in [1.29, 1.82) is 0 Å². The van der Waals surface area contributed by atoms with Crippen LogP contribution in [0.25, 0.3) is 0 Å². The van der Waals surface area contributed by atoms with E-state index in [-0.39, 0.29) is 17.1 Å². The van der Waals surface area contributed by atoms with Gasteiger partial charge in [-0.2, -0.15) is 0 Å². The van der Waals surface area contributed by atoms with Crippen molar-refractivity contribution >= 4 is 17.7 Å². The zero-order chi connectivity index (χ0) is 16.2. The predicted molar refractivity (Wildman–Crippen MR) is 84.3 cm³/mol. The van der Waals surface area contributed by atoms with Crippen LogP contribution in [0.3, 0.4) is 0 Å². The third-order valence-electron chi connectivity index (χ3n) is 3.60. The second-order valence-corrected chi connectivity index (χ2v) is 6.24. The number of carbonyl (C=O) groups is 1. The van der Waals surface area contributed by atoms with Gasteiger partial charge in [0, 0.05) is 19.2 Å². The van der Waals surface area contributed by atoms with E-state index in [9.17, 15) is 9.18 Å². The van der Waals surface area contributed by atoms with Crippen molar-refractivity contribution in [2.45, 2.75) is 11.9 Å². The maximum Gasteiger partial charge on any atom is 0.233 e.